The largest absolute Gasteiger partial charge is 0.386 e. The van der Waals surface area contributed by atoms with Crippen molar-refractivity contribution in [2.24, 2.45) is 5.73 Å². The summed E-state index contributed by atoms with van der Waals surface area (Å²) in [6.45, 7) is 3.62. The highest BCUT2D eigenvalue weighted by atomic mass is 32.2. The third-order valence-corrected chi connectivity index (χ3v) is 9.23. The summed E-state index contributed by atoms with van der Waals surface area (Å²) >= 11 is 0. The van der Waals surface area contributed by atoms with Crippen molar-refractivity contribution in [2.75, 3.05) is 6.61 Å². The number of carbonyl (C=O) groups is 1. The number of carbonyl (C=O) groups excluding carboxylic acids is 1. The molecule has 3 atom stereocenters. The second kappa shape index (κ2) is 12.2. The van der Waals surface area contributed by atoms with E-state index in [2.05, 4.69) is 0 Å². The van der Waals surface area contributed by atoms with Crippen LogP contribution in [-0.2, 0) is 23.4 Å². The highest BCUT2D eigenvalue weighted by molar-refractivity contribution is 7.92. The van der Waals surface area contributed by atoms with Gasteiger partial charge in [-0.15, -0.1) is 0 Å². The Bertz CT molecular complexity index is 1080. The first-order valence-corrected chi connectivity index (χ1v) is 14.0. The van der Waals surface area contributed by atoms with E-state index in [4.69, 9.17) is 20.2 Å². The highest BCUT2D eigenvalue weighted by Gasteiger charge is 2.47. The molecule has 0 spiro atoms. The average molecular weight is 495 g/mol. The summed E-state index contributed by atoms with van der Waals surface area (Å²) in [6.07, 6.45) is 1.63. The fraction of sp³-hybridized carbons (Fsp3) is 0.391. The summed E-state index contributed by atoms with van der Waals surface area (Å²) in [5.41, 5.74) is 2.58. The second-order valence-corrected chi connectivity index (χ2v) is 11.6. The summed E-state index contributed by atoms with van der Waals surface area (Å²) in [4.78, 5) is 13.2. The summed E-state index contributed by atoms with van der Waals surface area (Å²) < 4.78 is 51.9. The minimum absolute atomic E-state index is 0.00248. The van der Waals surface area contributed by atoms with Crippen LogP contribution in [0.4, 0.5) is 0 Å². The van der Waals surface area contributed by atoms with E-state index >= 15 is 0 Å². The third kappa shape index (κ3) is 6.84. The lowest BCUT2D eigenvalue weighted by Gasteiger charge is -2.29. The molecule has 0 amide bonds. The second-order valence-electron chi connectivity index (χ2n) is 7.50. The molecule has 0 aliphatic heterocycles. The molecule has 10 heteroatoms. The Balaban J connectivity index is 2.53. The third-order valence-electron chi connectivity index (χ3n) is 4.89. The summed E-state index contributed by atoms with van der Waals surface area (Å²) in [7, 11) is -8.59. The lowest BCUT2D eigenvalue weighted by molar-refractivity contribution is 0.0981. The van der Waals surface area contributed by atoms with Crippen molar-refractivity contribution < 1.29 is 26.8 Å². The van der Waals surface area contributed by atoms with E-state index in [0.717, 1.165) is 0 Å². The Morgan fingerprint density at radius 2 is 1.61 bits per heavy atom. The van der Waals surface area contributed by atoms with Gasteiger partial charge in [0.05, 0.1) is 11.5 Å². The Labute approximate surface area is 195 Å². The molecule has 0 aliphatic carbocycles. The quantitative estimate of drug-likeness (QED) is 0.126. The van der Waals surface area contributed by atoms with Crippen molar-refractivity contribution in [1.82, 2.24) is 0 Å². The van der Waals surface area contributed by atoms with Crippen LogP contribution in [0.1, 0.15) is 49.9 Å². The molecule has 2 rings (SSSR count). The summed E-state index contributed by atoms with van der Waals surface area (Å²) in [5.74, 6) is -1.44. The van der Waals surface area contributed by atoms with Crippen LogP contribution in [0.2, 0.25) is 0 Å². The number of nitrogens with two attached hydrogens (primary N) is 1. The Morgan fingerprint density at radius 3 is 2.12 bits per heavy atom. The lowest BCUT2D eigenvalue weighted by Crippen LogP contribution is -2.38. The van der Waals surface area contributed by atoms with Gasteiger partial charge in [-0.05, 0) is 25.0 Å². The molecule has 33 heavy (non-hydrogen) atoms. The van der Waals surface area contributed by atoms with Crippen LogP contribution in [0.15, 0.2) is 65.6 Å². The Kier molecular flexibility index (Phi) is 9.98. The minimum atomic E-state index is -4.52. The number of hydrogen-bond donors (Lipinski definition) is 2. The monoisotopic (exact) mass is 494 g/mol. The van der Waals surface area contributed by atoms with Crippen LogP contribution in [-0.4, -0.2) is 37.7 Å². The number of hydrogen-bond acceptors (Lipinski definition) is 7. The molecular weight excluding hydrogens is 463 g/mol. The first-order chi connectivity index (χ1) is 15.7. The van der Waals surface area contributed by atoms with Gasteiger partial charge in [0.1, 0.15) is 5.84 Å². The number of rotatable bonds is 14. The molecule has 2 aromatic carbocycles. The van der Waals surface area contributed by atoms with Gasteiger partial charge in [-0.2, -0.15) is 0 Å². The average Bonchev–Trinajstić information content (AvgIpc) is 2.80. The van der Waals surface area contributed by atoms with Gasteiger partial charge < -0.3 is 10.3 Å². The Morgan fingerprint density at radius 1 is 1.03 bits per heavy atom. The van der Waals surface area contributed by atoms with Gasteiger partial charge in [0, 0.05) is 5.56 Å². The maximum atomic E-state index is 14.1. The molecule has 0 fully saturated rings. The predicted octanol–water partition coefficient (Wildman–Crippen LogP) is 4.80. The minimum Gasteiger partial charge on any atom is -0.386 e. The van der Waals surface area contributed by atoms with Crippen molar-refractivity contribution >= 4 is 29.1 Å². The van der Waals surface area contributed by atoms with Crippen LogP contribution in [0.3, 0.4) is 0 Å². The maximum absolute atomic E-state index is 14.1. The van der Waals surface area contributed by atoms with Crippen LogP contribution in [0, 0.1) is 5.41 Å². The summed E-state index contributed by atoms with van der Waals surface area (Å²) in [5, 5.41) is 8.01. The van der Waals surface area contributed by atoms with Gasteiger partial charge in [-0.3, -0.25) is 19.3 Å². The van der Waals surface area contributed by atoms with Gasteiger partial charge >= 0.3 is 7.60 Å². The smallest absolute Gasteiger partial charge is 0.350 e. The molecule has 0 bridgehead atoms. The molecule has 8 nitrogen and oxygen atoms in total. The molecular formula is C23H31N2O6PS. The molecule has 2 aromatic rings. The first-order valence-electron chi connectivity index (χ1n) is 10.8. The molecule has 3 unspecified atom stereocenters. The van der Waals surface area contributed by atoms with E-state index in [-0.39, 0.29) is 23.5 Å². The fourth-order valence-corrected chi connectivity index (χ4v) is 7.27. The molecule has 0 saturated carbocycles. The molecule has 3 N–H and O–H groups in total. The van der Waals surface area contributed by atoms with Gasteiger partial charge in [-0.1, -0.05) is 75.2 Å². The van der Waals surface area contributed by atoms with Crippen LogP contribution >= 0.6 is 7.60 Å². The van der Waals surface area contributed by atoms with E-state index < -0.39 is 40.1 Å². The maximum Gasteiger partial charge on any atom is 0.350 e. The number of ketones is 1. The van der Waals surface area contributed by atoms with E-state index in [0.29, 0.717) is 19.3 Å². The topological polar surface area (TPSA) is 137 Å². The standard InChI is InChI=1S/C23H31N2O6PS/c1-3-5-17-30-32(27,22(23(24)25)21(26)18-13-8-6-9-14-18)31-20(12-4-2)33(28,29)19-15-10-7-11-16-19/h6-11,13-16,20,22H,3-5,12,17H2,1-2H3,(H3,24,25). The fourth-order valence-electron chi connectivity index (χ4n) is 3.14. The molecule has 0 radical (unpaired) electrons. The van der Waals surface area contributed by atoms with Gasteiger partial charge in [0.15, 0.2) is 16.9 Å². The van der Waals surface area contributed by atoms with Crippen molar-refractivity contribution in [3.63, 3.8) is 0 Å². The van der Waals surface area contributed by atoms with Crippen LogP contribution in [0.25, 0.3) is 0 Å². The predicted molar refractivity (Wildman–Crippen MR) is 128 cm³/mol. The number of unbranched alkanes of at least 4 members (excludes halogenated alkanes) is 1. The Hall–Kier alpha value is -2.32. The number of nitrogens with one attached hydrogen (secondary N) is 1. The van der Waals surface area contributed by atoms with Gasteiger partial charge in [0.25, 0.3) is 0 Å². The van der Waals surface area contributed by atoms with E-state index in [1.165, 1.54) is 24.3 Å². The normalized spacial score (nSPS) is 15.3. The van der Waals surface area contributed by atoms with E-state index in [1.807, 2.05) is 6.92 Å². The van der Waals surface area contributed by atoms with E-state index in [9.17, 15) is 17.8 Å². The molecule has 0 heterocycles. The SMILES string of the molecule is CCCCOP(=O)(OC(CCC)S(=O)(=O)c1ccccc1)C(C(=N)N)C(=O)c1ccccc1. The van der Waals surface area contributed by atoms with Crippen molar-refractivity contribution in [2.45, 2.75) is 55.5 Å². The van der Waals surface area contributed by atoms with Gasteiger partial charge in [0.2, 0.25) is 9.84 Å². The number of sulfone groups is 1. The molecule has 180 valence electrons. The van der Waals surface area contributed by atoms with Gasteiger partial charge in [-0.25, -0.2) is 8.42 Å². The first kappa shape index (κ1) is 26.9. The zero-order valence-corrected chi connectivity index (χ0v) is 20.6. The summed E-state index contributed by atoms with van der Waals surface area (Å²) in [6, 6.07) is 15.6. The van der Waals surface area contributed by atoms with Crippen molar-refractivity contribution in [3.8, 4) is 0 Å². The van der Waals surface area contributed by atoms with Crippen LogP contribution in [0.5, 0.6) is 0 Å². The molecule has 0 saturated heterocycles. The molecule has 0 aliphatic rings. The molecule has 0 aromatic heterocycles. The van der Waals surface area contributed by atoms with E-state index in [1.54, 1.807) is 43.3 Å². The van der Waals surface area contributed by atoms with Crippen molar-refractivity contribution in [1.29, 1.82) is 5.41 Å². The number of Topliss-reactive ketones (excluding diaryl/α,β-unsaturated/α-hetero) is 1. The number of benzene rings is 2. The zero-order valence-electron chi connectivity index (χ0n) is 18.8. The highest BCUT2D eigenvalue weighted by Crippen LogP contribution is 2.56. The zero-order chi connectivity index (χ0) is 24.5. The lowest BCUT2D eigenvalue weighted by atomic mass is 10.1. The number of amidine groups is 1. The van der Waals surface area contributed by atoms with Crippen LogP contribution < -0.4 is 5.73 Å². The van der Waals surface area contributed by atoms with Crippen molar-refractivity contribution in [3.05, 3.63) is 66.2 Å².